The Balaban J connectivity index is 1.41. The van der Waals surface area contributed by atoms with Gasteiger partial charge in [0.15, 0.2) is 11.2 Å². The molecule has 2 spiro atoms. The minimum atomic E-state index is -0.741. The highest BCUT2D eigenvalue weighted by atomic mass is 16.5. The molecule has 2 heterocycles. The third kappa shape index (κ3) is 2.50. The van der Waals surface area contributed by atoms with E-state index in [0.29, 0.717) is 0 Å². The van der Waals surface area contributed by atoms with Crippen molar-refractivity contribution in [3.05, 3.63) is 154 Å². The van der Waals surface area contributed by atoms with Crippen molar-refractivity contribution >= 4 is 11.5 Å². The lowest BCUT2D eigenvalue weighted by Crippen LogP contribution is -2.49. The van der Waals surface area contributed by atoms with Crippen LogP contribution >= 0.6 is 0 Å². The molecule has 4 aromatic carbocycles. The Morgan fingerprint density at radius 2 is 0.816 bits per heavy atom. The van der Waals surface area contributed by atoms with Gasteiger partial charge in [-0.1, -0.05) is 48.5 Å². The zero-order valence-corrected chi connectivity index (χ0v) is 21.0. The van der Waals surface area contributed by atoms with Crippen LogP contribution in [0.5, 0.6) is 11.5 Å². The van der Waals surface area contributed by atoms with Crippen LogP contribution in [0.15, 0.2) is 120 Å². The molecule has 0 atom stereocenters. The fraction of sp³-hybridized carbons (Fsp3) is 0.118. The summed E-state index contributed by atoms with van der Waals surface area (Å²) < 4.78 is 25.0. The molecule has 0 radical (unpaired) electrons. The summed E-state index contributed by atoms with van der Waals surface area (Å²) >= 11 is 0. The normalized spacial score (nSPS) is 23.3. The average Bonchev–Trinajstić information content (AvgIpc) is 3.59. The maximum absolute atomic E-state index is 7.09. The molecule has 0 amide bonds. The first kappa shape index (κ1) is 21.4. The zero-order valence-electron chi connectivity index (χ0n) is 21.0. The van der Waals surface area contributed by atoms with Gasteiger partial charge in [-0.3, -0.25) is 0 Å². The number of hydrogen-bond acceptors (Lipinski definition) is 4. The van der Waals surface area contributed by atoms with Gasteiger partial charge in [0, 0.05) is 44.5 Å². The van der Waals surface area contributed by atoms with E-state index < -0.39 is 11.2 Å². The number of rotatable bonds is 4. The Morgan fingerprint density at radius 3 is 1.13 bits per heavy atom. The van der Waals surface area contributed by atoms with Gasteiger partial charge in [-0.2, -0.15) is 0 Å². The minimum absolute atomic E-state index is 0.741. The number of benzene rings is 4. The molecule has 4 heteroatoms. The van der Waals surface area contributed by atoms with E-state index in [1.54, 1.807) is 14.2 Å². The van der Waals surface area contributed by atoms with Gasteiger partial charge >= 0.3 is 0 Å². The van der Waals surface area contributed by atoms with Crippen molar-refractivity contribution in [2.75, 3.05) is 14.2 Å². The maximum Gasteiger partial charge on any atom is 0.186 e. The van der Waals surface area contributed by atoms with Gasteiger partial charge in [0.05, 0.1) is 14.2 Å². The van der Waals surface area contributed by atoms with Crippen LogP contribution in [0.3, 0.4) is 0 Å². The monoisotopic (exact) mass is 496 g/mol. The molecule has 9 rings (SSSR count). The Bertz CT molecular complexity index is 1550. The summed E-state index contributed by atoms with van der Waals surface area (Å²) in [7, 11) is 3.36. The van der Waals surface area contributed by atoms with Gasteiger partial charge in [0.1, 0.15) is 23.0 Å². The SMILES string of the molecule is COc1ccc(C2=CC3=C4C=C(c5ccc(OC)cc5)OC45c4ccccc4C3(O2)c2ccccc25)cc1. The molecule has 4 nitrogen and oxygen atoms in total. The van der Waals surface area contributed by atoms with Gasteiger partial charge < -0.3 is 18.9 Å². The lowest BCUT2D eigenvalue weighted by atomic mass is 9.57. The average molecular weight is 497 g/mol. The summed E-state index contributed by atoms with van der Waals surface area (Å²) in [6.45, 7) is 0. The maximum atomic E-state index is 7.09. The summed E-state index contributed by atoms with van der Waals surface area (Å²) in [5.74, 6) is 3.31. The second kappa shape index (κ2) is 7.42. The van der Waals surface area contributed by atoms with Crippen LogP contribution in [-0.2, 0) is 20.7 Å². The van der Waals surface area contributed by atoms with Gasteiger partial charge in [0.2, 0.25) is 0 Å². The molecule has 2 aliphatic heterocycles. The molecular formula is C34H24O4. The van der Waals surface area contributed by atoms with Crippen LogP contribution in [0.2, 0.25) is 0 Å². The predicted octanol–water partition coefficient (Wildman–Crippen LogP) is 6.96. The van der Waals surface area contributed by atoms with Crippen LogP contribution in [0.25, 0.3) is 11.5 Å². The summed E-state index contributed by atoms with van der Waals surface area (Å²) in [6.07, 6.45) is 4.41. The van der Waals surface area contributed by atoms with Crippen molar-refractivity contribution in [3.8, 4) is 11.5 Å². The zero-order chi connectivity index (χ0) is 25.5. The van der Waals surface area contributed by atoms with E-state index in [4.69, 9.17) is 18.9 Å². The van der Waals surface area contributed by atoms with Gasteiger partial charge in [-0.25, -0.2) is 0 Å². The first-order valence-electron chi connectivity index (χ1n) is 12.7. The lowest BCUT2D eigenvalue weighted by Gasteiger charge is -2.51. The van der Waals surface area contributed by atoms with Crippen molar-refractivity contribution in [2.45, 2.75) is 11.2 Å². The summed E-state index contributed by atoms with van der Waals surface area (Å²) in [5, 5.41) is 0. The molecule has 0 saturated heterocycles. The van der Waals surface area contributed by atoms with Crippen molar-refractivity contribution < 1.29 is 18.9 Å². The number of hydrogen-bond donors (Lipinski definition) is 0. The standard InChI is InChI=1S/C34H24O4/c1-35-23-15-11-21(12-16-23)31-19-29-30-20-32(22-13-17-24(36-2)18-14-22)38-34(30)27-9-5-3-7-25(27)33(29,37-31)26-8-4-6-10-28(26)34/h3-20H,1-2H3. The van der Waals surface area contributed by atoms with Gasteiger partial charge in [-0.05, 0) is 60.7 Å². The molecule has 3 aliphatic carbocycles. The van der Waals surface area contributed by atoms with Gasteiger partial charge in [-0.15, -0.1) is 0 Å². The summed E-state index contributed by atoms with van der Waals surface area (Å²) in [4.78, 5) is 0. The first-order valence-corrected chi connectivity index (χ1v) is 12.7. The Labute approximate surface area is 221 Å². The molecule has 0 unspecified atom stereocenters. The Hall–Kier alpha value is -4.70. The van der Waals surface area contributed by atoms with E-state index in [0.717, 1.165) is 67.5 Å². The second-order valence-corrected chi connectivity index (χ2v) is 9.96. The Kier molecular flexibility index (Phi) is 4.18. The fourth-order valence-electron chi connectivity index (χ4n) is 6.58. The summed E-state index contributed by atoms with van der Waals surface area (Å²) in [6, 6.07) is 33.2. The smallest absolute Gasteiger partial charge is 0.186 e. The third-order valence-corrected chi connectivity index (χ3v) is 8.25. The second-order valence-electron chi connectivity index (χ2n) is 9.96. The molecule has 0 aromatic heterocycles. The molecule has 2 bridgehead atoms. The van der Waals surface area contributed by atoms with E-state index in [9.17, 15) is 0 Å². The van der Waals surface area contributed by atoms with E-state index in [1.807, 2.05) is 48.5 Å². The largest absolute Gasteiger partial charge is 0.497 e. The molecule has 0 fully saturated rings. The number of ether oxygens (including phenoxy) is 4. The minimum Gasteiger partial charge on any atom is -0.497 e. The van der Waals surface area contributed by atoms with Crippen molar-refractivity contribution in [1.29, 1.82) is 0 Å². The third-order valence-electron chi connectivity index (χ3n) is 8.25. The highest BCUT2D eigenvalue weighted by molar-refractivity contribution is 5.85. The first-order chi connectivity index (χ1) is 18.7. The summed E-state index contributed by atoms with van der Waals surface area (Å²) in [5.41, 5.74) is 7.30. The van der Waals surface area contributed by atoms with Gasteiger partial charge in [0.25, 0.3) is 0 Å². The molecule has 184 valence electrons. The van der Waals surface area contributed by atoms with Crippen LogP contribution in [0.4, 0.5) is 0 Å². The molecule has 38 heavy (non-hydrogen) atoms. The van der Waals surface area contributed by atoms with Crippen LogP contribution in [0.1, 0.15) is 33.4 Å². The molecular weight excluding hydrogens is 472 g/mol. The highest BCUT2D eigenvalue weighted by Gasteiger charge is 2.65. The van der Waals surface area contributed by atoms with Crippen molar-refractivity contribution in [1.82, 2.24) is 0 Å². The lowest BCUT2D eigenvalue weighted by molar-refractivity contribution is 0.0662. The quantitative estimate of drug-likeness (QED) is 0.306. The fourth-order valence-corrected chi connectivity index (χ4v) is 6.58. The van der Waals surface area contributed by atoms with Crippen LogP contribution in [-0.4, -0.2) is 14.2 Å². The number of methoxy groups -OCH3 is 2. The molecule has 0 N–H and O–H groups in total. The molecule has 0 saturated carbocycles. The van der Waals surface area contributed by atoms with Crippen LogP contribution < -0.4 is 9.47 Å². The van der Waals surface area contributed by atoms with E-state index in [-0.39, 0.29) is 0 Å². The highest BCUT2D eigenvalue weighted by Crippen LogP contribution is 2.68. The topological polar surface area (TPSA) is 36.9 Å². The van der Waals surface area contributed by atoms with Crippen molar-refractivity contribution in [2.24, 2.45) is 0 Å². The van der Waals surface area contributed by atoms with Crippen LogP contribution in [0, 0.1) is 0 Å². The molecule has 4 aromatic rings. The van der Waals surface area contributed by atoms with E-state index in [1.165, 1.54) is 0 Å². The van der Waals surface area contributed by atoms with E-state index >= 15 is 0 Å². The van der Waals surface area contributed by atoms with Crippen molar-refractivity contribution in [3.63, 3.8) is 0 Å². The Morgan fingerprint density at radius 1 is 0.474 bits per heavy atom. The van der Waals surface area contributed by atoms with E-state index in [2.05, 4.69) is 60.7 Å². The predicted molar refractivity (Wildman–Crippen MR) is 146 cm³/mol. The molecule has 5 aliphatic rings.